The summed E-state index contributed by atoms with van der Waals surface area (Å²) in [5, 5.41) is 2.30. The van der Waals surface area contributed by atoms with Crippen LogP contribution < -0.4 is 5.56 Å². The van der Waals surface area contributed by atoms with Crippen LogP contribution in [0.4, 0.5) is 13.2 Å². The van der Waals surface area contributed by atoms with Gasteiger partial charge in [-0.3, -0.25) is 24.2 Å². The number of hydrogen-bond acceptors (Lipinski definition) is 5. The van der Waals surface area contributed by atoms with Gasteiger partial charge >= 0.3 is 6.18 Å². The van der Waals surface area contributed by atoms with Gasteiger partial charge in [0.25, 0.3) is 5.56 Å². The molecule has 6 nitrogen and oxygen atoms in total. The maximum Gasteiger partial charge on any atom is 0.416 e. The maximum atomic E-state index is 14.4. The van der Waals surface area contributed by atoms with E-state index in [2.05, 4.69) is 14.9 Å². The molecule has 0 amide bonds. The second-order valence-corrected chi connectivity index (χ2v) is 11.1. The minimum absolute atomic E-state index is 0.162. The number of para-hydroxylation sites is 1. The zero-order valence-electron chi connectivity index (χ0n) is 23.5. The van der Waals surface area contributed by atoms with Gasteiger partial charge in [0.1, 0.15) is 0 Å². The van der Waals surface area contributed by atoms with Gasteiger partial charge in [-0.25, -0.2) is 0 Å². The smallest absolute Gasteiger partial charge is 0.304 e. The van der Waals surface area contributed by atoms with E-state index in [1.54, 1.807) is 24.5 Å². The number of aromatic nitrogens is 3. The SMILES string of the molecule is CN1CCN(Cc2ccc(-n3c(=O)ccc4cnc5ccc(-c6cnc7ccccc7c6)cc5c43)cc2C(F)(F)F)CC1. The normalized spacial score (nSPS) is 15.1. The van der Waals surface area contributed by atoms with E-state index in [4.69, 9.17) is 0 Å². The third-order valence-corrected chi connectivity index (χ3v) is 8.29. The van der Waals surface area contributed by atoms with Gasteiger partial charge in [-0.15, -0.1) is 0 Å². The predicted octanol–water partition coefficient (Wildman–Crippen LogP) is 6.52. The Hall–Kier alpha value is -4.60. The van der Waals surface area contributed by atoms with Gasteiger partial charge in [-0.2, -0.15) is 13.2 Å². The Bertz CT molecular complexity index is 2060. The van der Waals surface area contributed by atoms with Crippen molar-refractivity contribution in [3.63, 3.8) is 0 Å². The van der Waals surface area contributed by atoms with Gasteiger partial charge in [0.15, 0.2) is 0 Å². The molecule has 0 radical (unpaired) electrons. The van der Waals surface area contributed by atoms with Crippen molar-refractivity contribution in [2.75, 3.05) is 33.2 Å². The third-order valence-electron chi connectivity index (χ3n) is 8.29. The molecule has 3 aromatic heterocycles. The van der Waals surface area contributed by atoms with Crippen LogP contribution in [0.1, 0.15) is 11.1 Å². The number of benzene rings is 3. The van der Waals surface area contributed by atoms with E-state index >= 15 is 0 Å². The summed E-state index contributed by atoms with van der Waals surface area (Å²) in [5.41, 5.74) is 2.98. The first kappa shape index (κ1) is 27.2. The number of fused-ring (bicyclic) bond motifs is 4. The zero-order chi connectivity index (χ0) is 29.7. The van der Waals surface area contributed by atoms with Crippen molar-refractivity contribution < 1.29 is 13.2 Å². The van der Waals surface area contributed by atoms with Gasteiger partial charge in [0.2, 0.25) is 0 Å². The topological polar surface area (TPSA) is 54.3 Å². The van der Waals surface area contributed by atoms with Crippen molar-refractivity contribution >= 4 is 32.7 Å². The number of pyridine rings is 3. The molecule has 0 N–H and O–H groups in total. The first-order valence-electron chi connectivity index (χ1n) is 14.2. The minimum Gasteiger partial charge on any atom is -0.304 e. The van der Waals surface area contributed by atoms with E-state index in [-0.39, 0.29) is 17.8 Å². The molecule has 1 saturated heterocycles. The Labute approximate surface area is 245 Å². The Kier molecular flexibility index (Phi) is 6.71. The third kappa shape index (κ3) is 5.15. The maximum absolute atomic E-state index is 14.4. The summed E-state index contributed by atoms with van der Waals surface area (Å²) in [5.74, 6) is 0. The van der Waals surface area contributed by atoms with Gasteiger partial charge in [0, 0.05) is 78.6 Å². The van der Waals surface area contributed by atoms with Crippen molar-refractivity contribution in [2.45, 2.75) is 12.7 Å². The lowest BCUT2D eigenvalue weighted by molar-refractivity contribution is -0.138. The van der Waals surface area contributed by atoms with E-state index in [0.717, 1.165) is 41.2 Å². The van der Waals surface area contributed by atoms with Crippen LogP contribution in [0.3, 0.4) is 0 Å². The summed E-state index contributed by atoms with van der Waals surface area (Å²) in [4.78, 5) is 26.8. The molecule has 4 heterocycles. The van der Waals surface area contributed by atoms with E-state index < -0.39 is 17.3 Å². The second kappa shape index (κ2) is 10.6. The van der Waals surface area contributed by atoms with Gasteiger partial charge in [-0.1, -0.05) is 30.3 Å². The molecule has 1 aliphatic heterocycles. The van der Waals surface area contributed by atoms with E-state index in [0.29, 0.717) is 34.9 Å². The molecule has 0 atom stereocenters. The van der Waals surface area contributed by atoms with Gasteiger partial charge in [0.05, 0.1) is 22.1 Å². The van der Waals surface area contributed by atoms with Gasteiger partial charge in [-0.05, 0) is 60.6 Å². The predicted molar refractivity (Wildman–Crippen MR) is 163 cm³/mol. The van der Waals surface area contributed by atoms with E-state index in [1.807, 2.05) is 60.5 Å². The Morgan fingerprint density at radius 1 is 0.767 bits per heavy atom. The number of likely N-dealkylation sites (N-methyl/N-ethyl adjacent to an activating group) is 1. The monoisotopic (exact) mass is 579 g/mol. The van der Waals surface area contributed by atoms with Crippen LogP contribution in [0.15, 0.2) is 96.1 Å². The number of nitrogens with zero attached hydrogens (tertiary/aromatic N) is 5. The van der Waals surface area contributed by atoms with Gasteiger partial charge < -0.3 is 4.90 Å². The molecule has 1 fully saturated rings. The summed E-state index contributed by atoms with van der Waals surface area (Å²) >= 11 is 0. The summed E-state index contributed by atoms with van der Waals surface area (Å²) in [6.45, 7) is 3.22. The number of alkyl halides is 3. The van der Waals surface area contributed by atoms with Crippen LogP contribution in [0.2, 0.25) is 0 Å². The molecule has 6 aromatic rings. The highest BCUT2D eigenvalue weighted by atomic mass is 19.4. The van der Waals surface area contributed by atoms with Crippen molar-refractivity contribution in [2.24, 2.45) is 0 Å². The lowest BCUT2D eigenvalue weighted by atomic mass is 10.0. The van der Waals surface area contributed by atoms with E-state index in [1.165, 1.54) is 16.7 Å². The van der Waals surface area contributed by atoms with Crippen molar-refractivity contribution in [3.8, 4) is 16.8 Å². The number of hydrogen-bond donors (Lipinski definition) is 0. The zero-order valence-corrected chi connectivity index (χ0v) is 23.5. The summed E-state index contributed by atoms with van der Waals surface area (Å²) < 4.78 is 44.7. The van der Waals surface area contributed by atoms with Crippen molar-refractivity contribution in [1.82, 2.24) is 24.3 Å². The molecule has 216 valence electrons. The molecule has 0 bridgehead atoms. The Morgan fingerprint density at radius 2 is 1.56 bits per heavy atom. The van der Waals surface area contributed by atoms with Crippen LogP contribution in [-0.2, 0) is 12.7 Å². The average molecular weight is 580 g/mol. The van der Waals surface area contributed by atoms with Crippen LogP contribution in [-0.4, -0.2) is 57.6 Å². The molecule has 0 aliphatic carbocycles. The molecule has 1 aliphatic rings. The van der Waals surface area contributed by atoms with Crippen molar-refractivity contribution in [3.05, 3.63) is 113 Å². The number of rotatable bonds is 4. The number of halogens is 3. The fourth-order valence-corrected chi connectivity index (χ4v) is 5.93. The highest BCUT2D eigenvalue weighted by Gasteiger charge is 2.34. The first-order chi connectivity index (χ1) is 20.7. The molecule has 0 spiro atoms. The molecule has 7 rings (SSSR count). The first-order valence-corrected chi connectivity index (χ1v) is 14.2. The van der Waals surface area contributed by atoms with Crippen LogP contribution >= 0.6 is 0 Å². The molecule has 43 heavy (non-hydrogen) atoms. The lowest BCUT2D eigenvalue weighted by Gasteiger charge is -2.33. The van der Waals surface area contributed by atoms with Crippen LogP contribution in [0.25, 0.3) is 49.5 Å². The highest BCUT2D eigenvalue weighted by Crippen LogP contribution is 2.36. The average Bonchev–Trinajstić information content (AvgIpc) is 3.01. The fraction of sp³-hybridized carbons (Fsp3) is 0.206. The quantitative estimate of drug-likeness (QED) is 0.223. The Morgan fingerprint density at radius 3 is 2.37 bits per heavy atom. The molecular formula is C34H28F3N5O. The molecular weight excluding hydrogens is 551 g/mol. The largest absolute Gasteiger partial charge is 0.416 e. The molecule has 0 saturated carbocycles. The molecule has 3 aromatic carbocycles. The van der Waals surface area contributed by atoms with Crippen LogP contribution in [0.5, 0.6) is 0 Å². The lowest BCUT2D eigenvalue weighted by Crippen LogP contribution is -2.44. The molecule has 0 unspecified atom stereocenters. The highest BCUT2D eigenvalue weighted by molar-refractivity contribution is 6.05. The summed E-state index contributed by atoms with van der Waals surface area (Å²) in [6.07, 6.45) is -1.13. The second-order valence-electron chi connectivity index (χ2n) is 11.1. The fourth-order valence-electron chi connectivity index (χ4n) is 5.93. The molecule has 9 heteroatoms. The van der Waals surface area contributed by atoms with E-state index in [9.17, 15) is 18.0 Å². The number of piperazine rings is 1. The van der Waals surface area contributed by atoms with Crippen molar-refractivity contribution in [1.29, 1.82) is 0 Å². The Balaban J connectivity index is 1.39. The summed E-state index contributed by atoms with van der Waals surface area (Å²) in [7, 11) is 2.01. The van der Waals surface area contributed by atoms with Crippen LogP contribution in [0, 0.1) is 0 Å². The standard InChI is InChI=1S/C34H28F3N5O/c1-40-12-14-41(15-13-40)21-25-6-9-27(18-29(25)34(35,36)37)42-32(43)11-8-24-19-39-31-10-7-22(17-28(31)33(24)42)26-16-23-4-2-3-5-30(23)38-20-26/h2-11,16-20H,12-15,21H2,1H3. The summed E-state index contributed by atoms with van der Waals surface area (Å²) in [6, 6.07) is 22.9. The minimum atomic E-state index is -4.58.